The Morgan fingerprint density at radius 1 is 1.22 bits per heavy atom. The number of hydrogen-bond donors (Lipinski definition) is 1. The largest absolute Gasteiger partial charge is 0.379 e. The summed E-state index contributed by atoms with van der Waals surface area (Å²) in [5.74, 6) is 0.0206. The zero-order chi connectivity index (χ0) is 18.6. The maximum atomic E-state index is 12.5. The lowest BCUT2D eigenvalue weighted by atomic mass is 10.2. The van der Waals surface area contributed by atoms with E-state index >= 15 is 0 Å². The van der Waals surface area contributed by atoms with Gasteiger partial charge in [0.05, 0.1) is 28.8 Å². The van der Waals surface area contributed by atoms with Crippen LogP contribution in [0.5, 0.6) is 0 Å². The molecule has 1 fully saturated rings. The van der Waals surface area contributed by atoms with Crippen molar-refractivity contribution in [3.63, 3.8) is 0 Å². The van der Waals surface area contributed by atoms with Crippen LogP contribution in [-0.2, 0) is 4.74 Å². The molecule has 1 unspecified atom stereocenters. The van der Waals surface area contributed by atoms with Crippen molar-refractivity contribution in [2.24, 2.45) is 0 Å². The van der Waals surface area contributed by atoms with Crippen LogP contribution in [0.25, 0.3) is 0 Å². The molecule has 0 bridgehead atoms. The smallest absolute Gasteiger partial charge is 0.261 e. The maximum absolute atomic E-state index is 12.5. The zero-order valence-corrected chi connectivity index (χ0v) is 17.2. The molecule has 0 aliphatic carbocycles. The minimum Gasteiger partial charge on any atom is -0.379 e. The highest BCUT2D eigenvalue weighted by Crippen LogP contribution is 2.43. The summed E-state index contributed by atoms with van der Waals surface area (Å²) in [5, 5.41) is 4.71. The molecular formula is C20H25N3O2S2. The molecular weight excluding hydrogens is 378 g/mol. The third-order valence-electron chi connectivity index (χ3n) is 4.82. The predicted molar refractivity (Wildman–Crippen MR) is 113 cm³/mol. The van der Waals surface area contributed by atoms with E-state index in [0.717, 1.165) is 49.3 Å². The van der Waals surface area contributed by atoms with E-state index in [1.807, 2.05) is 17.8 Å². The van der Waals surface area contributed by atoms with Gasteiger partial charge in [0.25, 0.3) is 5.91 Å². The number of nitrogens with zero attached hydrogens (tertiary/aromatic N) is 2. The van der Waals surface area contributed by atoms with Crippen LogP contribution >= 0.6 is 23.1 Å². The number of rotatable bonds is 5. The van der Waals surface area contributed by atoms with Crippen LogP contribution in [-0.4, -0.2) is 62.0 Å². The number of anilines is 2. The number of carbonyl (C=O) groups is 1. The number of nitrogens with one attached hydrogen (secondary N) is 1. The summed E-state index contributed by atoms with van der Waals surface area (Å²) in [5.41, 5.74) is 1.24. The number of carbonyl (C=O) groups excluding carboxylic acids is 1. The van der Waals surface area contributed by atoms with Crippen LogP contribution in [0, 0.1) is 0 Å². The number of fused-ring (bicyclic) bond motifs is 1. The molecule has 0 spiro atoms. The van der Waals surface area contributed by atoms with E-state index in [0.29, 0.717) is 11.8 Å². The first-order valence-electron chi connectivity index (χ1n) is 9.42. The zero-order valence-electron chi connectivity index (χ0n) is 15.5. The van der Waals surface area contributed by atoms with Gasteiger partial charge in [-0.3, -0.25) is 9.69 Å². The second-order valence-corrected chi connectivity index (χ2v) is 9.40. The van der Waals surface area contributed by atoms with E-state index in [-0.39, 0.29) is 5.91 Å². The van der Waals surface area contributed by atoms with Crippen molar-refractivity contribution in [1.29, 1.82) is 0 Å². The fraction of sp³-hybridized carbons (Fsp3) is 0.450. The van der Waals surface area contributed by atoms with Crippen LogP contribution in [0.15, 0.2) is 41.3 Å². The van der Waals surface area contributed by atoms with Crippen molar-refractivity contribution < 1.29 is 9.53 Å². The number of benzene rings is 1. The maximum Gasteiger partial charge on any atom is 0.261 e. The summed E-state index contributed by atoms with van der Waals surface area (Å²) in [4.78, 5) is 19.3. The number of ether oxygens (including phenoxy) is 1. The van der Waals surface area contributed by atoms with Gasteiger partial charge >= 0.3 is 0 Å². The number of thioether (sulfide) groups is 1. The van der Waals surface area contributed by atoms with Crippen molar-refractivity contribution in [1.82, 2.24) is 10.2 Å². The molecule has 1 saturated heterocycles. The molecule has 0 radical (unpaired) electrons. The molecule has 1 aromatic carbocycles. The molecule has 2 aliphatic heterocycles. The van der Waals surface area contributed by atoms with E-state index in [1.165, 1.54) is 10.6 Å². The Balaban J connectivity index is 1.39. The van der Waals surface area contributed by atoms with Gasteiger partial charge in [-0.2, -0.15) is 0 Å². The molecule has 27 heavy (non-hydrogen) atoms. The van der Waals surface area contributed by atoms with Crippen LogP contribution in [0.2, 0.25) is 0 Å². The average Bonchev–Trinajstić information content (AvgIpc) is 3.18. The molecule has 3 heterocycles. The highest BCUT2D eigenvalue weighted by Gasteiger charge is 2.24. The van der Waals surface area contributed by atoms with Crippen molar-refractivity contribution in [2.45, 2.75) is 17.1 Å². The second kappa shape index (κ2) is 8.65. The van der Waals surface area contributed by atoms with Crippen LogP contribution < -0.4 is 10.2 Å². The monoisotopic (exact) mass is 403 g/mol. The van der Waals surface area contributed by atoms with Gasteiger partial charge in [0.1, 0.15) is 0 Å². The third-order valence-corrected chi connectivity index (χ3v) is 7.08. The Morgan fingerprint density at radius 2 is 2.04 bits per heavy atom. The Labute approximate surface area is 168 Å². The van der Waals surface area contributed by atoms with Crippen molar-refractivity contribution in [3.05, 3.63) is 41.3 Å². The lowest BCUT2D eigenvalue weighted by Crippen LogP contribution is -2.41. The number of hydrogen-bond acceptors (Lipinski definition) is 6. The SMILES string of the molecule is CC1CN(c2ccc(C(=O)NCCN3CCOCC3)s2)c2ccccc2S1. The van der Waals surface area contributed by atoms with Gasteiger partial charge in [-0.05, 0) is 24.3 Å². The van der Waals surface area contributed by atoms with Crippen LogP contribution in [0.4, 0.5) is 10.7 Å². The molecule has 7 heteroatoms. The summed E-state index contributed by atoms with van der Waals surface area (Å²) in [6.45, 7) is 8.23. The van der Waals surface area contributed by atoms with E-state index in [2.05, 4.69) is 52.4 Å². The lowest BCUT2D eigenvalue weighted by Gasteiger charge is -2.33. The number of morpholine rings is 1. The number of amides is 1. The molecule has 1 atom stereocenters. The van der Waals surface area contributed by atoms with Gasteiger partial charge in [-0.1, -0.05) is 19.1 Å². The van der Waals surface area contributed by atoms with Crippen molar-refractivity contribution in [2.75, 3.05) is 50.8 Å². The molecule has 1 amide bonds. The molecule has 144 valence electrons. The summed E-state index contributed by atoms with van der Waals surface area (Å²) < 4.78 is 5.36. The van der Waals surface area contributed by atoms with Crippen molar-refractivity contribution in [3.8, 4) is 0 Å². The average molecular weight is 404 g/mol. The van der Waals surface area contributed by atoms with Crippen LogP contribution in [0.1, 0.15) is 16.6 Å². The first kappa shape index (κ1) is 18.8. The summed E-state index contributed by atoms with van der Waals surface area (Å²) in [7, 11) is 0. The van der Waals surface area contributed by atoms with Gasteiger partial charge in [-0.15, -0.1) is 23.1 Å². The van der Waals surface area contributed by atoms with Crippen molar-refractivity contribution >= 4 is 39.7 Å². The number of para-hydroxylation sites is 1. The van der Waals surface area contributed by atoms with E-state index in [4.69, 9.17) is 4.74 Å². The Bertz CT molecular complexity index is 789. The second-order valence-electron chi connectivity index (χ2n) is 6.85. The standard InChI is InChI=1S/C20H25N3O2S2/c1-15-14-23(16-4-2-3-5-17(16)26-15)19-7-6-18(27-19)20(24)21-8-9-22-10-12-25-13-11-22/h2-7,15H,8-14H2,1H3,(H,21,24). The number of thiophene rings is 1. The molecule has 2 aromatic rings. The topological polar surface area (TPSA) is 44.8 Å². The van der Waals surface area contributed by atoms with E-state index in [9.17, 15) is 4.79 Å². The summed E-state index contributed by atoms with van der Waals surface area (Å²) in [6.07, 6.45) is 0. The first-order chi connectivity index (χ1) is 13.2. The first-order valence-corrected chi connectivity index (χ1v) is 11.1. The normalized spacial score (nSPS) is 20.3. The molecule has 4 rings (SSSR count). The minimum absolute atomic E-state index is 0.0206. The Hall–Kier alpha value is -1.54. The van der Waals surface area contributed by atoms with E-state index in [1.54, 1.807) is 11.3 Å². The molecule has 1 aromatic heterocycles. The van der Waals surface area contributed by atoms with Crippen LogP contribution in [0.3, 0.4) is 0 Å². The van der Waals surface area contributed by atoms with Gasteiger partial charge < -0.3 is 15.0 Å². The molecule has 2 aliphatic rings. The van der Waals surface area contributed by atoms with Gasteiger partial charge in [0, 0.05) is 42.9 Å². The highest BCUT2D eigenvalue weighted by molar-refractivity contribution is 8.00. The minimum atomic E-state index is 0.0206. The van der Waals surface area contributed by atoms with Gasteiger partial charge in [0.15, 0.2) is 0 Å². The fourth-order valence-corrected chi connectivity index (χ4v) is 5.49. The third kappa shape index (κ3) is 4.48. The molecule has 5 nitrogen and oxygen atoms in total. The van der Waals surface area contributed by atoms with Gasteiger partial charge in [0.2, 0.25) is 0 Å². The summed E-state index contributed by atoms with van der Waals surface area (Å²) >= 11 is 3.49. The highest BCUT2D eigenvalue weighted by atomic mass is 32.2. The Morgan fingerprint density at radius 3 is 2.89 bits per heavy atom. The summed E-state index contributed by atoms with van der Waals surface area (Å²) in [6, 6.07) is 12.5. The van der Waals surface area contributed by atoms with E-state index < -0.39 is 0 Å². The lowest BCUT2D eigenvalue weighted by molar-refractivity contribution is 0.0383. The van der Waals surface area contributed by atoms with Gasteiger partial charge in [-0.25, -0.2) is 0 Å². The predicted octanol–water partition coefficient (Wildman–Crippen LogP) is 3.44. The molecule has 0 saturated carbocycles. The molecule has 1 N–H and O–H groups in total. The Kier molecular flexibility index (Phi) is 6.02. The quantitative estimate of drug-likeness (QED) is 0.829. The fourth-order valence-electron chi connectivity index (χ4n) is 3.43.